The van der Waals surface area contributed by atoms with Gasteiger partial charge in [-0.25, -0.2) is 0 Å². The Kier molecular flexibility index (Phi) is 19.7. The zero-order chi connectivity index (χ0) is 20.5. The average molecular weight is 439 g/mol. The summed E-state index contributed by atoms with van der Waals surface area (Å²) in [5.41, 5.74) is -0.273. The van der Waals surface area contributed by atoms with Crippen molar-refractivity contribution in [1.82, 2.24) is 0 Å². The summed E-state index contributed by atoms with van der Waals surface area (Å²) in [4.78, 5) is 0. The Morgan fingerprint density at radius 1 is 0.741 bits per heavy atom. The maximum atomic E-state index is 6.25. The Balaban J connectivity index is 4.76. The van der Waals surface area contributed by atoms with Crippen molar-refractivity contribution in [2.45, 2.75) is 115 Å². The zero-order valence-electron chi connectivity index (χ0n) is 18.2. The van der Waals surface area contributed by atoms with Crippen molar-refractivity contribution in [3.8, 4) is 0 Å². The molecule has 4 atom stereocenters. The molecule has 3 nitrogen and oxygen atoms in total. The number of unbranched alkanes of at least 4 members (excludes halogenated alkanes) is 1. The summed E-state index contributed by atoms with van der Waals surface area (Å²) in [7, 11) is -0.701. The lowest BCUT2D eigenvalue weighted by Crippen LogP contribution is -2.36. The minimum atomic E-state index is -0.701. The molecule has 0 fully saturated rings. The third-order valence-electron chi connectivity index (χ3n) is 4.46. The van der Waals surface area contributed by atoms with Gasteiger partial charge in [-0.3, -0.25) is 0 Å². The predicted molar refractivity (Wildman–Crippen MR) is 129 cm³/mol. The van der Waals surface area contributed by atoms with E-state index in [0.717, 1.165) is 50.2 Å². The lowest BCUT2D eigenvalue weighted by molar-refractivity contribution is 0.0640. The summed E-state index contributed by atoms with van der Waals surface area (Å²) >= 11 is 11.0. The summed E-state index contributed by atoms with van der Waals surface area (Å²) in [6.07, 6.45) is 11.0. The summed E-state index contributed by atoms with van der Waals surface area (Å²) in [5.74, 6) is 1.89. The molecule has 0 aliphatic carbocycles. The first kappa shape index (κ1) is 28.0. The van der Waals surface area contributed by atoms with Gasteiger partial charge in [-0.2, -0.15) is 0 Å². The molecule has 0 saturated heterocycles. The maximum absolute atomic E-state index is 6.25. The Bertz CT molecular complexity index is 313. The molecule has 0 aromatic carbocycles. The van der Waals surface area contributed by atoms with Gasteiger partial charge >= 0.3 is 7.32 Å². The van der Waals surface area contributed by atoms with E-state index in [4.69, 9.17) is 14.0 Å². The van der Waals surface area contributed by atoms with Crippen LogP contribution in [0.2, 0.25) is 0 Å². The highest BCUT2D eigenvalue weighted by Gasteiger charge is 2.31. The van der Waals surface area contributed by atoms with Crippen LogP contribution in [0.15, 0.2) is 0 Å². The Labute approximate surface area is 184 Å². The molecule has 4 unspecified atom stereocenters. The molecule has 0 heterocycles. The zero-order valence-corrected chi connectivity index (χ0v) is 20.8. The first-order valence-corrected chi connectivity index (χ1v) is 13.0. The molecule has 0 amide bonds. The fourth-order valence-electron chi connectivity index (χ4n) is 2.67. The number of thioether (sulfide) groups is 1. The Morgan fingerprint density at radius 2 is 1.30 bits per heavy atom. The molecular weight excluding hydrogens is 395 g/mol. The van der Waals surface area contributed by atoms with Crippen LogP contribution in [-0.2, 0) is 14.0 Å². The normalized spacial score (nSPS) is 16.1. The van der Waals surface area contributed by atoms with Gasteiger partial charge in [0.2, 0.25) is 0 Å². The number of hydrogen-bond acceptors (Lipinski definition) is 6. The summed E-state index contributed by atoms with van der Waals surface area (Å²) in [5, 5.41) is 0. The lowest BCUT2D eigenvalue weighted by atomic mass is 10.0. The van der Waals surface area contributed by atoms with E-state index in [-0.39, 0.29) is 16.3 Å². The van der Waals surface area contributed by atoms with Crippen LogP contribution in [0.25, 0.3) is 0 Å². The van der Waals surface area contributed by atoms with E-state index in [0.29, 0.717) is 0 Å². The molecule has 0 aromatic heterocycles. The van der Waals surface area contributed by atoms with Crippen LogP contribution in [0.1, 0.15) is 98.8 Å². The minimum absolute atomic E-state index is 0.0833. The summed E-state index contributed by atoms with van der Waals surface area (Å²) in [6.45, 7) is 11.0. The average Bonchev–Trinajstić information content (AvgIpc) is 2.62. The summed E-state index contributed by atoms with van der Waals surface area (Å²) in [6, 6.07) is 0. The molecule has 0 aliphatic rings. The van der Waals surface area contributed by atoms with Crippen LogP contribution >= 0.6 is 37.0 Å². The van der Waals surface area contributed by atoms with E-state index in [9.17, 15) is 0 Å². The van der Waals surface area contributed by atoms with E-state index in [1.165, 1.54) is 25.7 Å². The van der Waals surface area contributed by atoms with Gasteiger partial charge in [0.1, 0.15) is 0 Å². The molecule has 0 N–H and O–H groups in total. The fourth-order valence-corrected chi connectivity index (χ4v) is 4.85. The number of hydrogen-bond donors (Lipinski definition) is 2. The van der Waals surface area contributed by atoms with Crippen molar-refractivity contribution in [2.75, 3.05) is 5.75 Å². The van der Waals surface area contributed by atoms with Crippen LogP contribution in [0.3, 0.4) is 0 Å². The topological polar surface area (TPSA) is 27.7 Å². The number of rotatable bonds is 19. The second-order valence-corrected chi connectivity index (χ2v) is 9.50. The molecule has 0 saturated carbocycles. The smallest absolute Gasteiger partial charge is 0.374 e. The van der Waals surface area contributed by atoms with Crippen LogP contribution in [0.5, 0.6) is 0 Å². The molecule has 0 aromatic rings. The first-order valence-electron chi connectivity index (χ1n) is 10.9. The SMILES string of the molecule is CCCCC(CC)CSC(CCC)OB(OC(S)CCC)OC(S)CCC. The molecule has 0 rings (SSSR count). The highest BCUT2D eigenvalue weighted by atomic mass is 32.2. The van der Waals surface area contributed by atoms with Gasteiger partial charge in [0.05, 0.1) is 16.3 Å². The first-order chi connectivity index (χ1) is 13.0. The fraction of sp³-hybridized carbons (Fsp3) is 1.00. The highest BCUT2D eigenvalue weighted by Crippen LogP contribution is 2.27. The molecule has 0 aliphatic heterocycles. The largest absolute Gasteiger partial charge is 0.641 e. The second-order valence-electron chi connectivity index (χ2n) is 7.15. The van der Waals surface area contributed by atoms with Crippen molar-refractivity contribution in [3.05, 3.63) is 0 Å². The third kappa shape index (κ3) is 15.5. The second kappa shape index (κ2) is 19.0. The van der Waals surface area contributed by atoms with Gasteiger partial charge in [0.25, 0.3) is 0 Å². The van der Waals surface area contributed by atoms with Crippen LogP contribution in [0, 0.1) is 5.92 Å². The van der Waals surface area contributed by atoms with Crippen molar-refractivity contribution < 1.29 is 14.0 Å². The Hall–Kier alpha value is 0.995. The molecule has 27 heavy (non-hydrogen) atoms. The van der Waals surface area contributed by atoms with Crippen molar-refractivity contribution in [3.63, 3.8) is 0 Å². The molecular formula is C20H43BO3S3. The van der Waals surface area contributed by atoms with Crippen LogP contribution in [0.4, 0.5) is 0 Å². The maximum Gasteiger partial charge on any atom is 0.641 e. The standard InChI is InChI=1S/C20H43BO3S3/c1-6-11-15-17(10-5)16-27-20(14-9-4)24-21(22-18(25)12-7-2)23-19(26)13-8-3/h17-20,25-26H,6-16H2,1-5H3. The van der Waals surface area contributed by atoms with Crippen molar-refractivity contribution in [1.29, 1.82) is 0 Å². The van der Waals surface area contributed by atoms with Gasteiger partial charge < -0.3 is 14.0 Å². The van der Waals surface area contributed by atoms with Gasteiger partial charge in [0.15, 0.2) is 0 Å². The van der Waals surface area contributed by atoms with Gasteiger partial charge in [-0.15, -0.1) is 37.0 Å². The van der Waals surface area contributed by atoms with Gasteiger partial charge in [-0.1, -0.05) is 73.1 Å². The van der Waals surface area contributed by atoms with E-state index in [2.05, 4.69) is 59.9 Å². The van der Waals surface area contributed by atoms with E-state index < -0.39 is 7.32 Å². The van der Waals surface area contributed by atoms with Gasteiger partial charge in [0, 0.05) is 0 Å². The molecule has 0 spiro atoms. The molecule has 0 bridgehead atoms. The lowest BCUT2D eigenvalue weighted by Gasteiger charge is -2.26. The van der Waals surface area contributed by atoms with E-state index in [1.54, 1.807) is 0 Å². The summed E-state index contributed by atoms with van der Waals surface area (Å²) < 4.78 is 18.1. The van der Waals surface area contributed by atoms with Crippen molar-refractivity contribution >= 4 is 44.3 Å². The minimum Gasteiger partial charge on any atom is -0.374 e. The highest BCUT2D eigenvalue weighted by molar-refractivity contribution is 7.99. The molecule has 7 heteroatoms. The molecule has 0 radical (unpaired) electrons. The molecule has 162 valence electrons. The predicted octanol–water partition coefficient (Wildman–Crippen LogP) is 7.21. The van der Waals surface area contributed by atoms with Crippen molar-refractivity contribution in [2.24, 2.45) is 5.92 Å². The Morgan fingerprint density at radius 3 is 1.74 bits per heavy atom. The van der Waals surface area contributed by atoms with Crippen LogP contribution < -0.4 is 0 Å². The number of thiol groups is 2. The van der Waals surface area contributed by atoms with Gasteiger partial charge in [-0.05, 0) is 37.4 Å². The third-order valence-corrected chi connectivity index (χ3v) is 6.60. The monoisotopic (exact) mass is 438 g/mol. The van der Waals surface area contributed by atoms with E-state index >= 15 is 0 Å². The van der Waals surface area contributed by atoms with Crippen LogP contribution in [-0.4, -0.2) is 29.4 Å². The van der Waals surface area contributed by atoms with E-state index in [1.807, 2.05) is 11.8 Å². The quantitative estimate of drug-likeness (QED) is 0.127.